The zero-order chi connectivity index (χ0) is 20.3. The molecule has 3 rings (SSSR count). The summed E-state index contributed by atoms with van der Waals surface area (Å²) in [6, 6.07) is 12.2. The Morgan fingerprint density at radius 1 is 1.25 bits per heavy atom. The van der Waals surface area contributed by atoms with Crippen LogP contribution in [0.4, 0.5) is 11.4 Å². The van der Waals surface area contributed by atoms with Gasteiger partial charge in [-0.15, -0.1) is 0 Å². The fraction of sp³-hybridized carbons (Fsp3) is 0.200. The monoisotopic (exact) mass is 415 g/mol. The number of rotatable bonds is 5. The van der Waals surface area contributed by atoms with Crippen LogP contribution in [0.3, 0.4) is 0 Å². The van der Waals surface area contributed by atoms with E-state index < -0.39 is 4.92 Å². The van der Waals surface area contributed by atoms with Crippen LogP contribution >= 0.6 is 23.4 Å². The lowest BCUT2D eigenvalue weighted by Crippen LogP contribution is -2.29. The average Bonchev–Trinajstić information content (AvgIpc) is 2.94. The van der Waals surface area contributed by atoms with E-state index >= 15 is 0 Å². The third-order valence-electron chi connectivity index (χ3n) is 4.06. The summed E-state index contributed by atoms with van der Waals surface area (Å²) in [5, 5.41) is 11.8. The van der Waals surface area contributed by atoms with E-state index in [1.54, 1.807) is 17.0 Å². The van der Waals surface area contributed by atoms with Gasteiger partial charge in [-0.25, -0.2) is 4.99 Å². The van der Waals surface area contributed by atoms with Gasteiger partial charge in [-0.3, -0.25) is 19.8 Å². The molecule has 0 N–H and O–H groups in total. The van der Waals surface area contributed by atoms with Crippen molar-refractivity contribution >= 4 is 51.9 Å². The van der Waals surface area contributed by atoms with Crippen LogP contribution in [0.25, 0.3) is 6.08 Å². The second-order valence-electron chi connectivity index (χ2n) is 6.27. The number of nitro benzene ring substituents is 1. The highest BCUT2D eigenvalue weighted by molar-refractivity contribution is 8.18. The number of thioether (sulfide) groups is 1. The predicted octanol–water partition coefficient (Wildman–Crippen LogP) is 5.57. The molecule has 1 aliphatic rings. The third kappa shape index (κ3) is 4.43. The number of amides is 1. The maximum absolute atomic E-state index is 12.8. The van der Waals surface area contributed by atoms with E-state index in [4.69, 9.17) is 11.6 Å². The number of aryl methyl sites for hydroxylation is 1. The molecule has 28 heavy (non-hydrogen) atoms. The van der Waals surface area contributed by atoms with E-state index in [1.165, 1.54) is 23.9 Å². The first-order valence-corrected chi connectivity index (χ1v) is 9.89. The summed E-state index contributed by atoms with van der Waals surface area (Å²) in [4.78, 5) is 30.1. The fourth-order valence-electron chi connectivity index (χ4n) is 2.65. The molecule has 0 spiro atoms. The predicted molar refractivity (Wildman–Crippen MR) is 114 cm³/mol. The van der Waals surface area contributed by atoms with Crippen molar-refractivity contribution in [3.05, 3.63) is 73.6 Å². The fourth-order valence-corrected chi connectivity index (χ4v) is 3.86. The minimum absolute atomic E-state index is 0.0618. The summed E-state index contributed by atoms with van der Waals surface area (Å²) < 4.78 is 0. The van der Waals surface area contributed by atoms with Gasteiger partial charge in [0.15, 0.2) is 5.17 Å². The number of aliphatic imine (C=N–C) groups is 1. The number of carbonyl (C=O) groups excluding carboxylic acids is 1. The number of carbonyl (C=O) groups is 1. The molecule has 144 valence electrons. The molecule has 0 radical (unpaired) electrons. The van der Waals surface area contributed by atoms with Crippen molar-refractivity contribution in [2.45, 2.75) is 20.3 Å². The molecule has 1 heterocycles. The number of halogens is 1. The van der Waals surface area contributed by atoms with Crippen LogP contribution in [-0.2, 0) is 4.79 Å². The van der Waals surface area contributed by atoms with E-state index in [2.05, 4.69) is 4.99 Å². The van der Waals surface area contributed by atoms with Gasteiger partial charge < -0.3 is 0 Å². The lowest BCUT2D eigenvalue weighted by atomic mass is 10.2. The van der Waals surface area contributed by atoms with Gasteiger partial charge in [0.05, 0.1) is 15.5 Å². The molecule has 0 saturated carbocycles. The van der Waals surface area contributed by atoms with Crippen LogP contribution < -0.4 is 0 Å². The molecule has 1 saturated heterocycles. The van der Waals surface area contributed by atoms with Crippen LogP contribution in [-0.4, -0.2) is 27.4 Å². The smallest absolute Gasteiger partial charge is 0.286 e. The molecule has 0 atom stereocenters. The second kappa shape index (κ2) is 8.58. The van der Waals surface area contributed by atoms with E-state index in [-0.39, 0.29) is 16.6 Å². The molecule has 2 aromatic rings. The topological polar surface area (TPSA) is 75.8 Å². The summed E-state index contributed by atoms with van der Waals surface area (Å²) in [5.41, 5.74) is 2.25. The zero-order valence-corrected chi connectivity index (χ0v) is 17.0. The molecular weight excluding hydrogens is 398 g/mol. The average molecular weight is 416 g/mol. The van der Waals surface area contributed by atoms with Gasteiger partial charge in [0.25, 0.3) is 11.6 Å². The molecule has 6 nitrogen and oxygen atoms in total. The first-order chi connectivity index (χ1) is 13.4. The van der Waals surface area contributed by atoms with Crippen molar-refractivity contribution in [2.75, 3.05) is 6.54 Å². The molecule has 1 fully saturated rings. The van der Waals surface area contributed by atoms with Crippen LogP contribution in [0.15, 0.2) is 52.4 Å². The molecule has 0 bridgehead atoms. The Labute approximate surface area is 172 Å². The molecule has 0 aliphatic carbocycles. The highest BCUT2D eigenvalue weighted by atomic mass is 35.5. The number of nitro groups is 1. The normalized spacial score (nSPS) is 17.0. The highest BCUT2D eigenvalue weighted by Crippen LogP contribution is 2.35. The van der Waals surface area contributed by atoms with Crippen molar-refractivity contribution in [1.82, 2.24) is 4.90 Å². The van der Waals surface area contributed by atoms with E-state index in [9.17, 15) is 14.9 Å². The van der Waals surface area contributed by atoms with Gasteiger partial charge in [-0.2, -0.15) is 0 Å². The SMILES string of the molecule is CCCN1C(=O)/C(=C\c2ccc(Cl)c([N+](=O)[O-])c2)SC1=Nc1ccc(C)cc1. The molecular formula is C20H18ClN3O3S. The van der Waals surface area contributed by atoms with Crippen LogP contribution in [0, 0.1) is 17.0 Å². The first kappa shape index (κ1) is 20.1. The van der Waals surface area contributed by atoms with E-state index in [0.29, 0.717) is 22.2 Å². The van der Waals surface area contributed by atoms with Gasteiger partial charge in [0.2, 0.25) is 0 Å². The van der Waals surface area contributed by atoms with Gasteiger partial charge in [-0.1, -0.05) is 42.3 Å². The molecule has 0 aromatic heterocycles. The highest BCUT2D eigenvalue weighted by Gasteiger charge is 2.32. The quantitative estimate of drug-likeness (QED) is 0.363. The lowest BCUT2D eigenvalue weighted by molar-refractivity contribution is -0.384. The molecule has 0 unspecified atom stereocenters. The van der Waals surface area contributed by atoms with Crippen molar-refractivity contribution in [2.24, 2.45) is 4.99 Å². The van der Waals surface area contributed by atoms with Crippen LogP contribution in [0.1, 0.15) is 24.5 Å². The second-order valence-corrected chi connectivity index (χ2v) is 7.68. The number of hydrogen-bond donors (Lipinski definition) is 0. The van der Waals surface area contributed by atoms with Gasteiger partial charge in [0.1, 0.15) is 5.02 Å². The number of benzene rings is 2. The van der Waals surface area contributed by atoms with Crippen LogP contribution in [0.5, 0.6) is 0 Å². The summed E-state index contributed by atoms with van der Waals surface area (Å²) in [6.45, 7) is 4.54. The van der Waals surface area contributed by atoms with Gasteiger partial charge in [0, 0.05) is 12.6 Å². The Kier molecular flexibility index (Phi) is 6.16. The van der Waals surface area contributed by atoms with E-state index in [1.807, 2.05) is 38.1 Å². The number of amidine groups is 1. The van der Waals surface area contributed by atoms with Gasteiger partial charge >= 0.3 is 0 Å². The minimum Gasteiger partial charge on any atom is -0.286 e. The van der Waals surface area contributed by atoms with Crippen molar-refractivity contribution in [1.29, 1.82) is 0 Å². The molecule has 1 amide bonds. The first-order valence-electron chi connectivity index (χ1n) is 8.69. The number of nitrogens with zero attached hydrogens (tertiary/aromatic N) is 3. The summed E-state index contributed by atoms with van der Waals surface area (Å²) in [6.07, 6.45) is 2.43. The van der Waals surface area contributed by atoms with Crippen molar-refractivity contribution in [3.8, 4) is 0 Å². The summed E-state index contributed by atoms with van der Waals surface area (Å²) in [7, 11) is 0. The Balaban J connectivity index is 1.96. The minimum atomic E-state index is -0.540. The van der Waals surface area contributed by atoms with Crippen molar-refractivity contribution < 1.29 is 9.72 Å². The number of hydrogen-bond acceptors (Lipinski definition) is 5. The Bertz CT molecular complexity index is 987. The lowest BCUT2D eigenvalue weighted by Gasteiger charge is -2.13. The largest absolute Gasteiger partial charge is 0.288 e. The summed E-state index contributed by atoms with van der Waals surface area (Å²) >= 11 is 7.13. The van der Waals surface area contributed by atoms with E-state index in [0.717, 1.165) is 17.7 Å². The zero-order valence-electron chi connectivity index (χ0n) is 15.4. The maximum Gasteiger partial charge on any atom is 0.288 e. The van der Waals surface area contributed by atoms with Gasteiger partial charge in [-0.05, 0) is 54.9 Å². The maximum atomic E-state index is 12.8. The molecule has 2 aromatic carbocycles. The van der Waals surface area contributed by atoms with Crippen molar-refractivity contribution in [3.63, 3.8) is 0 Å². The third-order valence-corrected chi connectivity index (χ3v) is 5.38. The molecule has 8 heteroatoms. The Hall–Kier alpha value is -2.64. The Morgan fingerprint density at radius 2 is 1.96 bits per heavy atom. The summed E-state index contributed by atoms with van der Waals surface area (Å²) in [5.74, 6) is -0.157. The standard InChI is InChI=1S/C20H18ClN3O3S/c1-3-10-23-19(25)18(12-14-6-9-16(21)17(11-14)24(26)27)28-20(23)22-15-7-4-13(2)5-8-15/h4-9,11-12H,3,10H2,1-2H3/b18-12+,22-20?. The molecule has 1 aliphatic heterocycles. The Morgan fingerprint density at radius 3 is 2.61 bits per heavy atom. The van der Waals surface area contributed by atoms with Crippen LogP contribution in [0.2, 0.25) is 5.02 Å².